The number of hydrogen-bond acceptors (Lipinski definition) is 6. The second-order valence-corrected chi connectivity index (χ2v) is 9.83. The van der Waals surface area contributed by atoms with Gasteiger partial charge in [-0.3, -0.25) is 14.3 Å². The molecule has 0 aliphatic heterocycles. The van der Waals surface area contributed by atoms with E-state index in [1.54, 1.807) is 44.0 Å². The first-order valence-electron chi connectivity index (χ1n) is 13.2. The molecule has 9 heteroatoms. The first-order valence-corrected chi connectivity index (χ1v) is 13.2. The number of methoxy groups -OCH3 is 3. The zero-order chi connectivity index (χ0) is 28.4. The highest BCUT2D eigenvalue weighted by Gasteiger charge is 2.27. The van der Waals surface area contributed by atoms with Gasteiger partial charge in [0.15, 0.2) is 5.69 Å². The number of carbonyl (C=O) groups is 2. The van der Waals surface area contributed by atoms with Crippen LogP contribution in [0.15, 0.2) is 54.6 Å². The van der Waals surface area contributed by atoms with E-state index in [-0.39, 0.29) is 17.5 Å². The van der Waals surface area contributed by atoms with Gasteiger partial charge in [-0.1, -0.05) is 50.2 Å². The maximum atomic E-state index is 13.6. The number of ether oxygens (including phenoxy) is 3. The van der Waals surface area contributed by atoms with E-state index in [0.29, 0.717) is 55.3 Å². The van der Waals surface area contributed by atoms with Crippen LogP contribution < -0.4 is 14.8 Å². The Balaban J connectivity index is 1.93. The minimum absolute atomic E-state index is 0.176. The Hall–Kier alpha value is -3.85. The molecule has 0 aliphatic rings. The molecule has 1 atom stereocenters. The summed E-state index contributed by atoms with van der Waals surface area (Å²) in [4.78, 5) is 28.5. The first-order chi connectivity index (χ1) is 18.8. The molecule has 210 valence electrons. The summed E-state index contributed by atoms with van der Waals surface area (Å²) in [6.07, 6.45) is 1.09. The molecule has 0 radical (unpaired) electrons. The summed E-state index contributed by atoms with van der Waals surface area (Å²) in [7, 11) is 6.50. The number of likely N-dealkylation sites (N-methyl/N-ethyl adjacent to an activating group) is 1. The molecule has 1 aromatic heterocycles. The van der Waals surface area contributed by atoms with Crippen molar-refractivity contribution < 1.29 is 23.8 Å². The molecular weight excluding hydrogens is 496 g/mol. The number of nitrogens with zero attached hydrogens (tertiary/aromatic N) is 3. The third-order valence-electron chi connectivity index (χ3n) is 6.41. The predicted octanol–water partition coefficient (Wildman–Crippen LogP) is 4.06. The average molecular weight is 537 g/mol. The quantitative estimate of drug-likeness (QED) is 0.334. The topological polar surface area (TPSA) is 94.9 Å². The Kier molecular flexibility index (Phi) is 10.9. The van der Waals surface area contributed by atoms with Gasteiger partial charge in [-0.05, 0) is 42.5 Å². The van der Waals surface area contributed by atoms with Crippen LogP contribution in [0.5, 0.6) is 11.5 Å². The molecule has 2 aromatic carbocycles. The molecule has 0 aliphatic carbocycles. The number of benzene rings is 2. The molecular formula is C30H40N4O5. The number of hydrogen-bond donors (Lipinski definition) is 1. The van der Waals surface area contributed by atoms with Crippen LogP contribution in [0.25, 0.3) is 11.3 Å². The fourth-order valence-electron chi connectivity index (χ4n) is 4.37. The molecule has 0 unspecified atom stereocenters. The number of rotatable bonds is 14. The lowest BCUT2D eigenvalue weighted by atomic mass is 10.0. The summed E-state index contributed by atoms with van der Waals surface area (Å²) in [6, 6.07) is 16.4. The highest BCUT2D eigenvalue weighted by Crippen LogP contribution is 2.38. The molecule has 3 aromatic rings. The van der Waals surface area contributed by atoms with E-state index in [0.717, 1.165) is 5.56 Å². The summed E-state index contributed by atoms with van der Waals surface area (Å²) < 4.78 is 18.2. The van der Waals surface area contributed by atoms with Gasteiger partial charge in [0.1, 0.15) is 17.5 Å². The van der Waals surface area contributed by atoms with Crippen LogP contribution in [0, 0.1) is 5.92 Å². The van der Waals surface area contributed by atoms with Crippen LogP contribution in [-0.4, -0.2) is 74.1 Å². The highest BCUT2D eigenvalue weighted by atomic mass is 16.5. The van der Waals surface area contributed by atoms with E-state index in [2.05, 4.69) is 24.3 Å². The van der Waals surface area contributed by atoms with Gasteiger partial charge in [0.2, 0.25) is 5.91 Å². The molecule has 9 nitrogen and oxygen atoms in total. The van der Waals surface area contributed by atoms with Gasteiger partial charge in [-0.2, -0.15) is 5.10 Å². The lowest BCUT2D eigenvalue weighted by Gasteiger charge is -2.24. The van der Waals surface area contributed by atoms with E-state index in [1.807, 2.05) is 48.5 Å². The lowest BCUT2D eigenvalue weighted by Crippen LogP contribution is -2.48. The fraction of sp³-hybridized carbons (Fsp3) is 0.433. The average Bonchev–Trinajstić information content (AvgIpc) is 3.36. The maximum Gasteiger partial charge on any atom is 0.272 e. The van der Waals surface area contributed by atoms with Gasteiger partial charge >= 0.3 is 0 Å². The normalized spacial score (nSPS) is 11.8. The van der Waals surface area contributed by atoms with Gasteiger partial charge < -0.3 is 24.4 Å². The third kappa shape index (κ3) is 7.83. The van der Waals surface area contributed by atoms with Crippen LogP contribution in [-0.2, 0) is 22.5 Å². The van der Waals surface area contributed by atoms with Gasteiger partial charge in [-0.25, -0.2) is 0 Å². The van der Waals surface area contributed by atoms with Crippen LogP contribution in [0.3, 0.4) is 0 Å². The molecule has 1 heterocycles. The number of aromatic nitrogens is 2. The molecule has 0 bridgehead atoms. The van der Waals surface area contributed by atoms with Crippen molar-refractivity contribution in [3.05, 3.63) is 65.9 Å². The predicted molar refractivity (Wildman–Crippen MR) is 151 cm³/mol. The van der Waals surface area contributed by atoms with Crippen LogP contribution in [0.2, 0.25) is 0 Å². The number of nitrogens with one attached hydrogen (secondary N) is 1. The summed E-state index contributed by atoms with van der Waals surface area (Å²) in [5.41, 5.74) is 2.73. The van der Waals surface area contributed by atoms with Crippen molar-refractivity contribution in [1.82, 2.24) is 20.0 Å². The van der Waals surface area contributed by atoms with Crippen molar-refractivity contribution in [3.8, 4) is 22.8 Å². The molecule has 3 rings (SSSR count). The van der Waals surface area contributed by atoms with Gasteiger partial charge in [0, 0.05) is 27.2 Å². The standard InChI is InChI=1S/C30H40N4O5/c1-21(2)20-34-25(28-26(38-5)13-10-14-27(28)39-6)19-24(32-34)29(35)31-23(30(36)33(3)17-18-37-4)16-15-22-11-8-7-9-12-22/h7-14,19,21,23H,15-18,20H2,1-6H3,(H,31,35)/t23-/m0/s1. The third-order valence-corrected chi connectivity index (χ3v) is 6.41. The van der Waals surface area contributed by atoms with Gasteiger partial charge in [0.05, 0.1) is 32.1 Å². The van der Waals surface area contributed by atoms with E-state index in [4.69, 9.17) is 14.2 Å². The largest absolute Gasteiger partial charge is 0.496 e. The minimum Gasteiger partial charge on any atom is -0.496 e. The minimum atomic E-state index is -0.723. The Morgan fingerprint density at radius 1 is 1.00 bits per heavy atom. The van der Waals surface area contributed by atoms with Crippen LogP contribution in [0.4, 0.5) is 0 Å². The van der Waals surface area contributed by atoms with Crippen LogP contribution in [0.1, 0.15) is 36.3 Å². The van der Waals surface area contributed by atoms with Gasteiger partial charge in [-0.15, -0.1) is 0 Å². The number of aryl methyl sites for hydroxylation is 1. The van der Waals surface area contributed by atoms with Crippen molar-refractivity contribution in [2.75, 3.05) is 41.5 Å². The molecule has 1 N–H and O–H groups in total. The zero-order valence-corrected chi connectivity index (χ0v) is 23.8. The van der Waals surface area contributed by atoms with Crippen molar-refractivity contribution in [2.24, 2.45) is 5.92 Å². The first kappa shape index (κ1) is 29.7. The van der Waals surface area contributed by atoms with E-state index >= 15 is 0 Å². The fourth-order valence-corrected chi connectivity index (χ4v) is 4.37. The van der Waals surface area contributed by atoms with Crippen LogP contribution >= 0.6 is 0 Å². The molecule has 0 saturated heterocycles. The summed E-state index contributed by atoms with van der Waals surface area (Å²) in [5.74, 6) is 0.905. The smallest absolute Gasteiger partial charge is 0.272 e. The lowest BCUT2D eigenvalue weighted by molar-refractivity contribution is -0.132. The number of amides is 2. The van der Waals surface area contributed by atoms with E-state index in [1.165, 1.54) is 0 Å². The molecule has 0 fully saturated rings. The maximum absolute atomic E-state index is 13.6. The highest BCUT2D eigenvalue weighted by molar-refractivity contribution is 5.97. The molecule has 0 spiro atoms. The number of carbonyl (C=O) groups excluding carboxylic acids is 2. The SMILES string of the molecule is COCCN(C)C(=O)[C@H](CCc1ccccc1)NC(=O)c1cc(-c2c(OC)cccc2OC)n(CC(C)C)n1. The molecule has 2 amide bonds. The van der Waals surface area contributed by atoms with Crippen molar-refractivity contribution >= 4 is 11.8 Å². The van der Waals surface area contributed by atoms with E-state index < -0.39 is 11.9 Å². The van der Waals surface area contributed by atoms with Crippen molar-refractivity contribution in [1.29, 1.82) is 0 Å². The Labute approximate surface area is 231 Å². The monoisotopic (exact) mass is 536 g/mol. The summed E-state index contributed by atoms with van der Waals surface area (Å²) >= 11 is 0. The van der Waals surface area contributed by atoms with Crippen molar-refractivity contribution in [2.45, 2.75) is 39.3 Å². The second-order valence-electron chi connectivity index (χ2n) is 9.83. The molecule has 0 saturated carbocycles. The molecule has 39 heavy (non-hydrogen) atoms. The second kappa shape index (κ2) is 14.3. The Bertz CT molecular complexity index is 1200. The zero-order valence-electron chi connectivity index (χ0n) is 23.8. The Morgan fingerprint density at radius 2 is 1.67 bits per heavy atom. The summed E-state index contributed by atoms with van der Waals surface area (Å²) in [6.45, 7) is 5.58. The van der Waals surface area contributed by atoms with Gasteiger partial charge in [0.25, 0.3) is 5.91 Å². The van der Waals surface area contributed by atoms with E-state index in [9.17, 15) is 9.59 Å². The van der Waals surface area contributed by atoms with Crippen molar-refractivity contribution in [3.63, 3.8) is 0 Å². The Morgan fingerprint density at radius 3 is 2.26 bits per heavy atom. The summed E-state index contributed by atoms with van der Waals surface area (Å²) in [5, 5.41) is 7.61.